The molecular weight excluding hydrogens is 524 g/mol. The van der Waals surface area contributed by atoms with Gasteiger partial charge in [-0.2, -0.15) is 0 Å². The zero-order chi connectivity index (χ0) is 30.9. The first kappa shape index (κ1) is 32.3. The van der Waals surface area contributed by atoms with E-state index in [0.717, 1.165) is 27.8 Å². The van der Waals surface area contributed by atoms with Crippen molar-refractivity contribution >= 4 is 17.7 Å². The van der Waals surface area contributed by atoms with Gasteiger partial charge in [-0.15, -0.1) is 0 Å². The minimum atomic E-state index is -0.831. The van der Waals surface area contributed by atoms with E-state index in [4.69, 9.17) is 5.73 Å². The quantitative estimate of drug-likeness (QED) is 0.312. The molecule has 0 aromatic heterocycles. The fourth-order valence-corrected chi connectivity index (χ4v) is 5.11. The van der Waals surface area contributed by atoms with Gasteiger partial charge in [-0.3, -0.25) is 14.4 Å². The van der Waals surface area contributed by atoms with Gasteiger partial charge in [0, 0.05) is 45.6 Å². The van der Waals surface area contributed by atoms with Crippen LogP contribution in [0.15, 0.2) is 96.6 Å². The van der Waals surface area contributed by atoms with Crippen LogP contribution in [0.2, 0.25) is 0 Å². The lowest BCUT2D eigenvalue weighted by Gasteiger charge is -2.34. The van der Waals surface area contributed by atoms with Crippen molar-refractivity contribution in [2.45, 2.75) is 57.7 Å². The number of hydrogen-bond acceptors (Lipinski definition) is 4. The first-order chi connectivity index (χ1) is 19.9. The fourth-order valence-electron chi connectivity index (χ4n) is 5.11. The molecule has 0 fully saturated rings. The maximum absolute atomic E-state index is 14.2. The van der Waals surface area contributed by atoms with Crippen molar-refractivity contribution in [3.63, 3.8) is 0 Å². The molecule has 222 valence electrons. The highest BCUT2D eigenvalue weighted by molar-refractivity contribution is 5.95. The van der Waals surface area contributed by atoms with Crippen molar-refractivity contribution in [1.82, 2.24) is 15.1 Å². The number of likely N-dealkylation sites (N-methyl/N-ethyl adjacent to an activating group) is 3. The normalized spacial score (nSPS) is 13.2. The van der Waals surface area contributed by atoms with E-state index >= 15 is 0 Å². The molecule has 7 heteroatoms. The summed E-state index contributed by atoms with van der Waals surface area (Å²) in [5, 5.41) is 2.70. The number of rotatable bonds is 12. The Morgan fingerprint density at radius 1 is 0.786 bits per heavy atom. The highest BCUT2D eigenvalue weighted by atomic mass is 16.2. The first-order valence-electron chi connectivity index (χ1n) is 14.3. The molecule has 0 saturated carbocycles. The van der Waals surface area contributed by atoms with E-state index in [1.807, 2.05) is 106 Å². The molecule has 3 N–H and O–H groups in total. The van der Waals surface area contributed by atoms with Gasteiger partial charge in [0.05, 0.1) is 0 Å². The summed E-state index contributed by atoms with van der Waals surface area (Å²) in [7, 11) is 4.83. The molecule has 0 aliphatic heterocycles. The fraction of sp³-hybridized carbons (Fsp3) is 0.343. The maximum atomic E-state index is 14.2. The van der Waals surface area contributed by atoms with E-state index in [1.54, 1.807) is 27.2 Å². The molecule has 0 bridgehead atoms. The number of nitrogens with one attached hydrogen (secondary N) is 1. The second kappa shape index (κ2) is 14.6. The lowest BCUT2D eigenvalue weighted by atomic mass is 9.96. The van der Waals surface area contributed by atoms with Crippen LogP contribution in [-0.2, 0) is 27.2 Å². The number of nitrogens with zero attached hydrogens (tertiary/aromatic N) is 2. The van der Waals surface area contributed by atoms with Crippen LogP contribution in [-0.4, -0.2) is 66.3 Å². The Labute approximate surface area is 250 Å². The number of benzene rings is 3. The van der Waals surface area contributed by atoms with Gasteiger partial charge in [0.15, 0.2) is 0 Å². The number of carbonyl (C=O) groups is 3. The Kier molecular flexibility index (Phi) is 11.2. The minimum Gasteiger partial charge on any atom is -0.357 e. The molecule has 7 nitrogen and oxygen atoms in total. The third-order valence-corrected chi connectivity index (χ3v) is 7.33. The summed E-state index contributed by atoms with van der Waals surface area (Å²) in [5.41, 5.74) is 10.5. The zero-order valence-corrected chi connectivity index (χ0v) is 25.6. The van der Waals surface area contributed by atoms with E-state index in [2.05, 4.69) is 5.32 Å². The smallest absolute Gasteiger partial charge is 0.246 e. The summed E-state index contributed by atoms with van der Waals surface area (Å²) < 4.78 is 0. The van der Waals surface area contributed by atoms with Crippen molar-refractivity contribution in [2.75, 3.05) is 21.1 Å². The van der Waals surface area contributed by atoms with Crippen molar-refractivity contribution < 1.29 is 14.4 Å². The first-order valence-corrected chi connectivity index (χ1v) is 14.3. The summed E-state index contributed by atoms with van der Waals surface area (Å²) in [5.74, 6) is -0.868. The van der Waals surface area contributed by atoms with E-state index in [9.17, 15) is 14.4 Å². The van der Waals surface area contributed by atoms with Crippen LogP contribution in [0.4, 0.5) is 0 Å². The van der Waals surface area contributed by atoms with Gasteiger partial charge in [-0.25, -0.2) is 0 Å². The van der Waals surface area contributed by atoms with Crippen LogP contribution in [0.1, 0.15) is 38.3 Å². The molecule has 3 amide bonds. The number of carbonyl (C=O) groups excluding carboxylic acids is 3. The predicted molar refractivity (Wildman–Crippen MR) is 170 cm³/mol. The molecule has 0 spiro atoms. The van der Waals surface area contributed by atoms with Gasteiger partial charge in [0.2, 0.25) is 17.7 Å². The molecular formula is C35H44N4O3. The van der Waals surface area contributed by atoms with Crippen molar-refractivity contribution in [1.29, 1.82) is 0 Å². The monoisotopic (exact) mass is 568 g/mol. The number of nitrogens with two attached hydrogens (primary N) is 1. The lowest BCUT2D eigenvalue weighted by Crippen LogP contribution is -2.55. The van der Waals surface area contributed by atoms with Crippen LogP contribution in [0.3, 0.4) is 0 Å². The molecule has 3 rings (SSSR count). The van der Waals surface area contributed by atoms with Gasteiger partial charge in [0.25, 0.3) is 0 Å². The van der Waals surface area contributed by atoms with Gasteiger partial charge >= 0.3 is 0 Å². The second-order valence-corrected chi connectivity index (χ2v) is 11.7. The van der Waals surface area contributed by atoms with E-state index in [-0.39, 0.29) is 17.7 Å². The van der Waals surface area contributed by atoms with Crippen LogP contribution >= 0.6 is 0 Å². The van der Waals surface area contributed by atoms with Gasteiger partial charge in [-0.05, 0) is 49.4 Å². The lowest BCUT2D eigenvalue weighted by molar-refractivity contribution is -0.146. The highest BCUT2D eigenvalue weighted by Gasteiger charge is 2.34. The average molecular weight is 569 g/mol. The van der Waals surface area contributed by atoms with Crippen molar-refractivity contribution in [3.8, 4) is 11.1 Å². The third-order valence-electron chi connectivity index (χ3n) is 7.33. The highest BCUT2D eigenvalue weighted by Crippen LogP contribution is 2.22. The van der Waals surface area contributed by atoms with E-state index < -0.39 is 17.6 Å². The van der Waals surface area contributed by atoms with Crippen molar-refractivity contribution in [3.05, 3.63) is 108 Å². The molecule has 0 radical (unpaired) electrons. The minimum absolute atomic E-state index is 0.268. The number of hydrogen-bond donors (Lipinski definition) is 2. The molecule has 0 saturated heterocycles. The van der Waals surface area contributed by atoms with Crippen LogP contribution < -0.4 is 11.1 Å². The molecule has 2 atom stereocenters. The Bertz CT molecular complexity index is 1360. The Morgan fingerprint density at radius 2 is 1.29 bits per heavy atom. The summed E-state index contributed by atoms with van der Waals surface area (Å²) >= 11 is 0. The predicted octanol–water partition coefficient (Wildman–Crippen LogP) is 4.61. The van der Waals surface area contributed by atoms with E-state index in [0.29, 0.717) is 19.3 Å². The molecule has 3 aromatic carbocycles. The van der Waals surface area contributed by atoms with Crippen LogP contribution in [0, 0.1) is 0 Å². The summed E-state index contributed by atoms with van der Waals surface area (Å²) in [6.45, 7) is 5.68. The van der Waals surface area contributed by atoms with Crippen LogP contribution in [0.5, 0.6) is 0 Å². The topological polar surface area (TPSA) is 95.7 Å². The third kappa shape index (κ3) is 9.14. The molecule has 0 heterocycles. The van der Waals surface area contributed by atoms with Gasteiger partial charge in [-0.1, -0.05) is 90.5 Å². The van der Waals surface area contributed by atoms with Crippen LogP contribution in [0.25, 0.3) is 11.1 Å². The Hall–Kier alpha value is -4.23. The number of amides is 3. The zero-order valence-electron chi connectivity index (χ0n) is 25.6. The molecule has 42 heavy (non-hydrogen) atoms. The molecule has 0 aliphatic rings. The van der Waals surface area contributed by atoms with Gasteiger partial charge < -0.3 is 20.9 Å². The molecule has 3 aromatic rings. The molecule has 0 unspecified atom stereocenters. The molecule has 0 aliphatic carbocycles. The summed E-state index contributed by atoms with van der Waals surface area (Å²) in [4.78, 5) is 43.5. The summed E-state index contributed by atoms with van der Waals surface area (Å²) in [6, 6.07) is 26.1. The standard InChI is InChI=1S/C35H44N4O3/c1-25(24-35(2,3)36)21-32(40)38(5)31(23-27-17-19-29(20-18-27)28-15-11-8-12-16-28)34(42)39(6)30(33(41)37-4)22-26-13-9-7-10-14-26/h7-21,30-31H,22-24,36H2,1-6H3,(H,37,41)/t30-,31-/m1/s1. The van der Waals surface area contributed by atoms with Gasteiger partial charge in [0.1, 0.15) is 12.1 Å². The SMILES string of the molecule is CNC(=O)[C@@H](Cc1ccccc1)N(C)C(=O)[C@@H](Cc1ccc(-c2ccccc2)cc1)N(C)C(=O)C=C(C)CC(C)(C)N. The second-order valence-electron chi connectivity index (χ2n) is 11.7. The Balaban J connectivity index is 1.93. The van der Waals surface area contributed by atoms with Crippen molar-refractivity contribution in [2.24, 2.45) is 5.73 Å². The van der Waals surface area contributed by atoms with E-state index in [1.165, 1.54) is 9.80 Å². The maximum Gasteiger partial charge on any atom is 0.246 e. The Morgan fingerprint density at radius 3 is 1.83 bits per heavy atom. The average Bonchev–Trinajstić information content (AvgIpc) is 2.97. The summed E-state index contributed by atoms with van der Waals surface area (Å²) in [6.07, 6.45) is 2.74. The largest absolute Gasteiger partial charge is 0.357 e.